The number of hydrogen-bond donors (Lipinski definition) is 0. The monoisotopic (exact) mass is 961 g/mol. The maximum absolute atomic E-state index is 16.0. The van der Waals surface area contributed by atoms with Crippen molar-refractivity contribution in [2.45, 2.75) is 63.7 Å². The normalized spacial score (nSPS) is 22.9. The number of hydrogen-bond acceptors (Lipinski definition) is 13. The van der Waals surface area contributed by atoms with Gasteiger partial charge in [0.1, 0.15) is 42.0 Å². The van der Waals surface area contributed by atoms with Crippen molar-refractivity contribution in [3.8, 4) is 68.8 Å². The molecule has 0 unspecified atom stereocenters. The number of carbonyl (C=O) groups is 2. The van der Waals surface area contributed by atoms with Gasteiger partial charge in [0.2, 0.25) is 0 Å². The third-order valence-corrected chi connectivity index (χ3v) is 15.8. The number of Topliss-reactive ketones (excluding diaryl/α,β-unsaturated/α-hetero) is 2. The zero-order valence-corrected chi connectivity index (χ0v) is 40.0. The summed E-state index contributed by atoms with van der Waals surface area (Å²) < 4.78 is 19.6. The lowest BCUT2D eigenvalue weighted by Crippen LogP contribution is -2.48. The Bertz CT molecular complexity index is 3690. The van der Waals surface area contributed by atoms with Crippen molar-refractivity contribution in [3.05, 3.63) is 174 Å². The topological polar surface area (TPSA) is 208 Å². The molecule has 0 saturated heterocycles. The molecule has 7 aromatic heterocycles. The van der Waals surface area contributed by atoms with Gasteiger partial charge in [0, 0.05) is 87.7 Å². The second-order valence-corrected chi connectivity index (χ2v) is 19.8. The highest BCUT2D eigenvalue weighted by Crippen LogP contribution is 2.54. The molecule has 15 nitrogen and oxygen atoms in total. The van der Waals surface area contributed by atoms with E-state index >= 15 is 4.39 Å². The van der Waals surface area contributed by atoms with Crippen LogP contribution in [0.25, 0.3) is 56.7 Å². The Morgan fingerprint density at radius 1 is 0.644 bits per heavy atom. The lowest BCUT2D eigenvalue weighted by atomic mass is 9.56. The summed E-state index contributed by atoms with van der Waals surface area (Å²) >= 11 is 0. The Balaban J connectivity index is 0.901. The highest BCUT2D eigenvalue weighted by Gasteiger charge is 2.53. The first kappa shape index (κ1) is 45.1. The van der Waals surface area contributed by atoms with E-state index in [0.717, 1.165) is 40.1 Å². The third-order valence-electron chi connectivity index (χ3n) is 15.8. The molecule has 0 fully saturated rings. The number of halogens is 1. The van der Waals surface area contributed by atoms with Crippen molar-refractivity contribution < 1.29 is 14.0 Å². The van der Waals surface area contributed by atoms with Crippen LogP contribution in [0.1, 0.15) is 61.7 Å². The molecule has 1 aromatic carbocycles. The van der Waals surface area contributed by atoms with E-state index in [9.17, 15) is 20.1 Å². The van der Waals surface area contributed by atoms with Crippen LogP contribution < -0.4 is 0 Å². The van der Waals surface area contributed by atoms with E-state index in [1.807, 2.05) is 66.2 Å². The standard InChI is InChI=1S/C57H44FN13O2/c1-32-44-10-8-41-50(46-14-17-62-30-66-46)68-70(54(41)56(44,2)23-38(25-59)52(32)72)49-13-7-36(29-65-49)37-19-33(20-40(58)22-37)21-43-45-11-9-42-51(47-15-18-63-31-67-47)69-71(55(42)57(45,3)24-39(26-60)53(43)73)48-12-6-35(28-64-48)34-5-4-16-61-27-34/h4-7,12-20,22-24,27-32,43-45H,8-11,21H2,1-3H3/t32-,43-,44-,45-,56-,57-/m1/s1. The van der Waals surface area contributed by atoms with Gasteiger partial charge in [-0.2, -0.15) is 20.7 Å². The van der Waals surface area contributed by atoms with Crippen LogP contribution in [0.15, 0.2) is 140 Å². The van der Waals surface area contributed by atoms with Crippen LogP contribution in [0.5, 0.6) is 0 Å². The minimum absolute atomic E-state index is 0.0433. The number of carbonyl (C=O) groups excluding carboxylic acids is 2. The Kier molecular flexibility index (Phi) is 10.7. The molecule has 12 rings (SSSR count). The van der Waals surface area contributed by atoms with Gasteiger partial charge in [0.05, 0.1) is 33.9 Å². The van der Waals surface area contributed by atoms with Crippen LogP contribution in [0, 0.1) is 52.2 Å². The summed E-state index contributed by atoms with van der Waals surface area (Å²) in [6.07, 6.45) is 19.6. The summed E-state index contributed by atoms with van der Waals surface area (Å²) in [7, 11) is 0. The second kappa shape index (κ2) is 17.4. The van der Waals surface area contributed by atoms with E-state index in [4.69, 9.17) is 20.2 Å². The van der Waals surface area contributed by atoms with E-state index in [-0.39, 0.29) is 46.9 Å². The smallest absolute Gasteiger partial charge is 0.176 e. The molecule has 16 heteroatoms. The number of pyridine rings is 3. The molecule has 0 N–H and O–H groups in total. The summed E-state index contributed by atoms with van der Waals surface area (Å²) in [5, 5.41) is 30.9. The molecule has 0 saturated carbocycles. The van der Waals surface area contributed by atoms with E-state index in [1.165, 1.54) is 24.8 Å². The minimum Gasteiger partial charge on any atom is -0.293 e. The summed E-state index contributed by atoms with van der Waals surface area (Å²) in [5.74, 6) is -1.27. The van der Waals surface area contributed by atoms with Crippen molar-refractivity contribution in [1.82, 2.24) is 54.4 Å². The number of allylic oxidation sites excluding steroid dienone is 4. The largest absolute Gasteiger partial charge is 0.293 e. The van der Waals surface area contributed by atoms with Crippen LogP contribution in [0.3, 0.4) is 0 Å². The Hall–Kier alpha value is -9.02. The number of fused-ring (bicyclic) bond motifs is 6. The van der Waals surface area contributed by atoms with Crippen LogP contribution in [-0.4, -0.2) is 66.0 Å². The molecule has 73 heavy (non-hydrogen) atoms. The number of aromatic nitrogens is 11. The predicted octanol–water partition coefficient (Wildman–Crippen LogP) is 8.83. The van der Waals surface area contributed by atoms with Gasteiger partial charge in [-0.1, -0.05) is 45.1 Å². The highest BCUT2D eigenvalue weighted by molar-refractivity contribution is 6.03. The van der Waals surface area contributed by atoms with Gasteiger partial charge in [-0.25, -0.2) is 43.7 Å². The number of rotatable bonds is 8. The predicted molar refractivity (Wildman–Crippen MR) is 265 cm³/mol. The molecule has 0 amide bonds. The summed E-state index contributed by atoms with van der Waals surface area (Å²) in [6, 6.07) is 24.2. The minimum atomic E-state index is -0.873. The molecule has 0 aliphatic heterocycles. The van der Waals surface area contributed by atoms with Gasteiger partial charge in [-0.15, -0.1) is 0 Å². The van der Waals surface area contributed by atoms with Crippen LogP contribution in [0.2, 0.25) is 0 Å². The van der Waals surface area contributed by atoms with Crippen LogP contribution in [0.4, 0.5) is 4.39 Å². The number of benzene rings is 1. The van der Waals surface area contributed by atoms with Gasteiger partial charge in [-0.3, -0.25) is 14.6 Å². The molecular weight excluding hydrogens is 918 g/mol. The molecule has 7 heterocycles. The second-order valence-electron chi connectivity index (χ2n) is 19.8. The zero-order valence-electron chi connectivity index (χ0n) is 40.0. The first-order chi connectivity index (χ1) is 35.5. The summed E-state index contributed by atoms with van der Waals surface area (Å²) in [6.45, 7) is 6.02. The van der Waals surface area contributed by atoms with Crippen molar-refractivity contribution in [2.24, 2.45) is 23.7 Å². The number of nitrogens with zero attached hydrogens (tertiary/aromatic N) is 13. The summed E-state index contributed by atoms with van der Waals surface area (Å²) in [4.78, 5) is 59.2. The van der Waals surface area contributed by atoms with E-state index in [2.05, 4.69) is 50.9 Å². The first-order valence-corrected chi connectivity index (χ1v) is 24.2. The molecule has 0 radical (unpaired) electrons. The van der Waals surface area contributed by atoms with E-state index in [1.54, 1.807) is 54.0 Å². The Labute approximate surface area is 418 Å². The fourth-order valence-electron chi connectivity index (χ4n) is 12.4. The molecule has 4 aliphatic rings. The molecule has 4 aliphatic carbocycles. The van der Waals surface area contributed by atoms with Crippen molar-refractivity contribution in [3.63, 3.8) is 0 Å². The molecule has 6 atom stereocenters. The lowest BCUT2D eigenvalue weighted by molar-refractivity contribution is -0.122. The first-order valence-electron chi connectivity index (χ1n) is 24.2. The quantitative estimate of drug-likeness (QED) is 0.140. The van der Waals surface area contributed by atoms with Gasteiger partial charge >= 0.3 is 0 Å². The maximum Gasteiger partial charge on any atom is 0.176 e. The van der Waals surface area contributed by atoms with Crippen molar-refractivity contribution >= 4 is 11.6 Å². The fourth-order valence-corrected chi connectivity index (χ4v) is 12.4. The van der Waals surface area contributed by atoms with Gasteiger partial charge in [-0.05, 0) is 110 Å². The van der Waals surface area contributed by atoms with Crippen molar-refractivity contribution in [2.75, 3.05) is 0 Å². The third kappa shape index (κ3) is 7.31. The zero-order chi connectivity index (χ0) is 50.2. The van der Waals surface area contributed by atoms with Crippen LogP contribution >= 0.6 is 0 Å². The molecule has 0 spiro atoms. The summed E-state index contributed by atoms with van der Waals surface area (Å²) in [5.41, 5.74) is 8.38. The average molecular weight is 962 g/mol. The van der Waals surface area contributed by atoms with Crippen LogP contribution in [-0.2, 0) is 39.7 Å². The Morgan fingerprint density at radius 3 is 1.74 bits per heavy atom. The fraction of sp³-hybridized carbons (Fsp3) is 0.246. The maximum atomic E-state index is 16.0. The molecule has 356 valence electrons. The van der Waals surface area contributed by atoms with E-state index in [0.29, 0.717) is 70.4 Å². The number of nitriles is 2. The Morgan fingerprint density at radius 2 is 1.21 bits per heavy atom. The van der Waals surface area contributed by atoms with E-state index < -0.39 is 22.6 Å². The van der Waals surface area contributed by atoms with Crippen molar-refractivity contribution in [1.29, 1.82) is 10.5 Å². The average Bonchev–Trinajstić information content (AvgIpc) is 4.03. The van der Waals surface area contributed by atoms with Gasteiger partial charge in [0.15, 0.2) is 23.2 Å². The number of ketones is 2. The molecular formula is C57H44FN13O2. The molecule has 0 bridgehead atoms. The highest BCUT2D eigenvalue weighted by atomic mass is 19.1. The molecule has 8 aromatic rings. The lowest BCUT2D eigenvalue weighted by Gasteiger charge is -2.46. The van der Waals surface area contributed by atoms with Gasteiger partial charge in [0.25, 0.3) is 0 Å². The van der Waals surface area contributed by atoms with Gasteiger partial charge < -0.3 is 0 Å². The SMILES string of the molecule is C[C@H]1C(=O)C(C#N)=C[C@@]2(C)c3c(c(-c4ccncn4)nn3-c3ccc(-c4cc(F)cc(C[C@H]5C(=O)C(C#N)=C[C@@]6(C)c7c(c(-c8ccncn8)nn7-c7ccc(-c8cccnc8)cn7)CC[C@H]56)c4)cn3)CC[C@H]12.